The fourth-order valence-electron chi connectivity index (χ4n) is 1.23. The van der Waals surface area contributed by atoms with Crippen LogP contribution in [0.3, 0.4) is 0 Å². The summed E-state index contributed by atoms with van der Waals surface area (Å²) < 4.78 is 1.68. The zero-order valence-electron chi connectivity index (χ0n) is 9.05. The number of nitrogens with zero attached hydrogens (tertiary/aromatic N) is 4. The Morgan fingerprint density at radius 3 is 2.93 bits per heavy atom. The topological polar surface area (TPSA) is 71.2 Å². The van der Waals surface area contributed by atoms with Crippen molar-refractivity contribution < 1.29 is 9.90 Å². The normalized spacial score (nSPS) is 10.9. The molecule has 1 rings (SSSR count). The lowest BCUT2D eigenvalue weighted by Gasteiger charge is -2.07. The molecule has 0 saturated heterocycles. The molecule has 0 fully saturated rings. The van der Waals surface area contributed by atoms with Crippen LogP contribution < -0.4 is 0 Å². The molecular weight excluding hydrogens is 196 g/mol. The van der Waals surface area contributed by atoms with Crippen LogP contribution in [0.5, 0.6) is 0 Å². The first-order valence-corrected chi connectivity index (χ1v) is 4.83. The zero-order chi connectivity index (χ0) is 11.3. The molecule has 0 aliphatic carbocycles. The molecule has 0 amide bonds. The van der Waals surface area contributed by atoms with Crippen molar-refractivity contribution in [1.29, 1.82) is 0 Å². The van der Waals surface area contributed by atoms with Crippen molar-refractivity contribution in [2.75, 3.05) is 20.6 Å². The Morgan fingerprint density at radius 2 is 2.33 bits per heavy atom. The lowest BCUT2D eigenvalue weighted by molar-refractivity contribution is -0.136. The van der Waals surface area contributed by atoms with E-state index in [0.717, 1.165) is 19.5 Å². The number of aryl methyl sites for hydroxylation is 1. The van der Waals surface area contributed by atoms with Crippen molar-refractivity contribution in [3.8, 4) is 0 Å². The van der Waals surface area contributed by atoms with Gasteiger partial charge in [0.1, 0.15) is 0 Å². The summed E-state index contributed by atoms with van der Waals surface area (Å²) in [5.41, 5.74) is 0.507. The second kappa shape index (κ2) is 5.45. The number of hydrogen-bond donors (Lipinski definition) is 1. The summed E-state index contributed by atoms with van der Waals surface area (Å²) in [6, 6.07) is 0. The van der Waals surface area contributed by atoms with Gasteiger partial charge in [0.25, 0.3) is 0 Å². The smallest absolute Gasteiger partial charge is 0.309 e. The zero-order valence-corrected chi connectivity index (χ0v) is 9.05. The molecule has 0 aliphatic heterocycles. The maximum absolute atomic E-state index is 10.4. The molecule has 1 aromatic rings. The van der Waals surface area contributed by atoms with Gasteiger partial charge in [-0.25, -0.2) is 0 Å². The molecule has 15 heavy (non-hydrogen) atoms. The molecule has 0 unspecified atom stereocenters. The number of rotatable bonds is 6. The minimum absolute atomic E-state index is 0.0618. The molecule has 0 saturated carbocycles. The average molecular weight is 212 g/mol. The molecular formula is C9H16N4O2. The summed E-state index contributed by atoms with van der Waals surface area (Å²) in [7, 11) is 4.02. The third-order valence-corrected chi connectivity index (χ3v) is 1.91. The number of carbonyl (C=O) groups is 1. The number of carboxylic acids is 1. The van der Waals surface area contributed by atoms with Crippen molar-refractivity contribution in [3.63, 3.8) is 0 Å². The molecule has 6 nitrogen and oxygen atoms in total. The summed E-state index contributed by atoms with van der Waals surface area (Å²) in [5.74, 6) is -0.879. The van der Waals surface area contributed by atoms with Crippen molar-refractivity contribution in [1.82, 2.24) is 19.9 Å². The number of aromatic nitrogens is 3. The molecule has 1 aromatic heterocycles. The quantitative estimate of drug-likeness (QED) is 0.710. The molecule has 0 spiro atoms. The fourth-order valence-corrected chi connectivity index (χ4v) is 1.23. The van der Waals surface area contributed by atoms with Crippen molar-refractivity contribution in [2.24, 2.45) is 0 Å². The van der Waals surface area contributed by atoms with Gasteiger partial charge in [0.05, 0.1) is 12.1 Å². The maximum Gasteiger partial charge on any atom is 0.309 e. The van der Waals surface area contributed by atoms with Crippen LogP contribution in [0.2, 0.25) is 0 Å². The van der Waals surface area contributed by atoms with Crippen LogP contribution in [0, 0.1) is 0 Å². The van der Waals surface area contributed by atoms with E-state index in [0.29, 0.717) is 5.69 Å². The Bertz CT molecular complexity index is 322. The highest BCUT2D eigenvalue weighted by atomic mass is 16.4. The average Bonchev–Trinajstić information content (AvgIpc) is 2.50. The summed E-state index contributed by atoms with van der Waals surface area (Å²) >= 11 is 0. The van der Waals surface area contributed by atoms with Crippen LogP contribution in [0.1, 0.15) is 12.1 Å². The summed E-state index contributed by atoms with van der Waals surface area (Å²) in [5, 5.41) is 16.2. The molecule has 6 heteroatoms. The van der Waals surface area contributed by atoms with E-state index >= 15 is 0 Å². The van der Waals surface area contributed by atoms with Crippen LogP contribution in [-0.4, -0.2) is 51.6 Å². The molecule has 0 radical (unpaired) electrons. The van der Waals surface area contributed by atoms with Crippen LogP contribution in [0.15, 0.2) is 6.20 Å². The van der Waals surface area contributed by atoms with E-state index in [1.165, 1.54) is 0 Å². The summed E-state index contributed by atoms with van der Waals surface area (Å²) in [6.45, 7) is 1.75. The molecule has 0 bridgehead atoms. The number of carboxylic acid groups (broad SMARTS) is 1. The van der Waals surface area contributed by atoms with Crippen LogP contribution in [0.25, 0.3) is 0 Å². The van der Waals surface area contributed by atoms with Gasteiger partial charge in [-0.3, -0.25) is 9.48 Å². The van der Waals surface area contributed by atoms with E-state index in [9.17, 15) is 4.79 Å². The minimum Gasteiger partial charge on any atom is -0.481 e. The predicted octanol–water partition coefficient (Wildman–Crippen LogP) is -0.143. The number of aliphatic carboxylic acids is 1. The second-order valence-electron chi connectivity index (χ2n) is 3.70. The fraction of sp³-hybridized carbons (Fsp3) is 0.667. The molecule has 0 aliphatic rings. The highest BCUT2D eigenvalue weighted by molar-refractivity contribution is 5.69. The highest BCUT2D eigenvalue weighted by Gasteiger charge is 2.05. The Balaban J connectivity index is 2.36. The lowest BCUT2D eigenvalue weighted by atomic mass is 10.3. The Kier molecular flexibility index (Phi) is 4.23. The van der Waals surface area contributed by atoms with Crippen LogP contribution in [-0.2, 0) is 17.8 Å². The van der Waals surface area contributed by atoms with Gasteiger partial charge in [-0.2, -0.15) is 0 Å². The van der Waals surface area contributed by atoms with E-state index in [-0.39, 0.29) is 6.42 Å². The van der Waals surface area contributed by atoms with Crippen LogP contribution >= 0.6 is 0 Å². The standard InChI is InChI=1S/C9H16N4O2/c1-12(2)4-3-5-13-7-8(10-11-13)6-9(14)15/h7H,3-6H2,1-2H3,(H,14,15). The third kappa shape index (κ3) is 4.55. The molecule has 84 valence electrons. The third-order valence-electron chi connectivity index (χ3n) is 1.91. The predicted molar refractivity (Wildman–Crippen MR) is 54.5 cm³/mol. The van der Waals surface area contributed by atoms with Gasteiger partial charge in [0.15, 0.2) is 0 Å². The molecule has 1 N–H and O–H groups in total. The van der Waals surface area contributed by atoms with Crippen molar-refractivity contribution >= 4 is 5.97 Å². The second-order valence-corrected chi connectivity index (χ2v) is 3.70. The van der Waals surface area contributed by atoms with Gasteiger partial charge in [0, 0.05) is 12.7 Å². The van der Waals surface area contributed by atoms with Gasteiger partial charge in [-0.15, -0.1) is 5.10 Å². The van der Waals surface area contributed by atoms with Gasteiger partial charge in [-0.1, -0.05) is 5.21 Å². The van der Waals surface area contributed by atoms with Gasteiger partial charge >= 0.3 is 5.97 Å². The number of hydrogen-bond acceptors (Lipinski definition) is 4. The molecule has 0 aromatic carbocycles. The van der Waals surface area contributed by atoms with E-state index in [1.807, 2.05) is 14.1 Å². The highest BCUT2D eigenvalue weighted by Crippen LogP contribution is 1.96. The van der Waals surface area contributed by atoms with Crippen LogP contribution in [0.4, 0.5) is 0 Å². The maximum atomic E-state index is 10.4. The Labute approximate surface area is 88.5 Å². The first-order valence-electron chi connectivity index (χ1n) is 4.83. The van der Waals surface area contributed by atoms with E-state index in [4.69, 9.17) is 5.11 Å². The molecule has 0 atom stereocenters. The first-order chi connectivity index (χ1) is 7.08. The van der Waals surface area contributed by atoms with Gasteiger partial charge < -0.3 is 10.0 Å². The Hall–Kier alpha value is -1.43. The van der Waals surface area contributed by atoms with E-state index in [1.54, 1.807) is 10.9 Å². The summed E-state index contributed by atoms with van der Waals surface area (Å²) in [4.78, 5) is 12.5. The molecule has 1 heterocycles. The Morgan fingerprint density at radius 1 is 1.60 bits per heavy atom. The SMILES string of the molecule is CN(C)CCCn1cc(CC(=O)O)nn1. The van der Waals surface area contributed by atoms with Gasteiger partial charge in [-0.05, 0) is 27.1 Å². The monoisotopic (exact) mass is 212 g/mol. The van der Waals surface area contributed by atoms with E-state index in [2.05, 4.69) is 15.2 Å². The first kappa shape index (κ1) is 11.6. The van der Waals surface area contributed by atoms with Gasteiger partial charge in [0.2, 0.25) is 0 Å². The largest absolute Gasteiger partial charge is 0.481 e. The van der Waals surface area contributed by atoms with E-state index < -0.39 is 5.97 Å². The van der Waals surface area contributed by atoms with Crippen molar-refractivity contribution in [3.05, 3.63) is 11.9 Å². The lowest BCUT2D eigenvalue weighted by Crippen LogP contribution is -2.15. The minimum atomic E-state index is -0.879. The van der Waals surface area contributed by atoms with Crippen molar-refractivity contribution in [2.45, 2.75) is 19.4 Å². The summed E-state index contributed by atoms with van der Waals surface area (Å²) in [6.07, 6.45) is 2.60.